The van der Waals surface area contributed by atoms with Crippen LogP contribution >= 0.6 is 11.8 Å². The zero-order valence-electron chi connectivity index (χ0n) is 16.7. The van der Waals surface area contributed by atoms with E-state index in [4.69, 9.17) is 0 Å². The number of carbonyl (C=O) groups excluding carboxylic acids is 1. The van der Waals surface area contributed by atoms with E-state index in [1.807, 2.05) is 47.4 Å². The molecule has 0 saturated heterocycles. The topological polar surface area (TPSA) is 35.6 Å². The molecule has 0 saturated carbocycles. The minimum Gasteiger partial charge on any atom is -0.306 e. The van der Waals surface area contributed by atoms with Crippen LogP contribution in [0.15, 0.2) is 88.7 Å². The lowest BCUT2D eigenvalue weighted by molar-refractivity contribution is -0.117. The molecular weight excluding hydrogens is 378 g/mol. The van der Waals surface area contributed by atoms with Crippen molar-refractivity contribution in [3.63, 3.8) is 0 Å². The second-order valence-corrected chi connectivity index (χ2v) is 8.37. The molecule has 29 heavy (non-hydrogen) atoms. The Kier molecular flexibility index (Phi) is 6.00. The smallest absolute Gasteiger partial charge is 0.245 e. The summed E-state index contributed by atoms with van der Waals surface area (Å²) in [5, 5.41) is 3.38. The molecule has 0 unspecified atom stereocenters. The fourth-order valence-corrected chi connectivity index (χ4v) is 4.70. The Morgan fingerprint density at radius 1 is 0.897 bits per heavy atom. The van der Waals surface area contributed by atoms with Crippen LogP contribution in [0.4, 0.5) is 11.4 Å². The Morgan fingerprint density at radius 3 is 2.03 bits per heavy atom. The number of hydrogen-bond donors (Lipinski definition) is 1. The normalized spacial score (nSPS) is 13.7. The van der Waals surface area contributed by atoms with Gasteiger partial charge in [0, 0.05) is 22.4 Å². The molecule has 1 aliphatic heterocycles. The molecule has 0 bridgehead atoms. The summed E-state index contributed by atoms with van der Waals surface area (Å²) >= 11 is 1.71. The molecule has 0 radical (unpaired) electrons. The molecule has 1 N–H and O–H groups in total. The monoisotopic (exact) mass is 403 g/mol. The van der Waals surface area contributed by atoms with E-state index >= 15 is 0 Å². The van der Waals surface area contributed by atoms with Gasteiger partial charge in [-0.2, -0.15) is 0 Å². The predicted molar refractivity (Wildman–Crippen MR) is 120 cm³/mol. The first-order chi connectivity index (χ1) is 14.1. The van der Waals surface area contributed by atoms with Crippen LogP contribution in [-0.4, -0.2) is 38.0 Å². The molecule has 148 valence electrons. The maximum atomic E-state index is 13.3. The van der Waals surface area contributed by atoms with Gasteiger partial charge in [-0.05, 0) is 43.9 Å². The Bertz CT molecular complexity index is 945. The van der Waals surface area contributed by atoms with E-state index in [2.05, 4.69) is 60.7 Å². The highest BCUT2D eigenvalue weighted by atomic mass is 32.2. The molecule has 1 amide bonds. The van der Waals surface area contributed by atoms with Gasteiger partial charge in [-0.25, -0.2) is 0 Å². The summed E-state index contributed by atoms with van der Waals surface area (Å²) in [6.45, 7) is 0.985. The summed E-state index contributed by atoms with van der Waals surface area (Å²) in [7, 11) is 4.13. The summed E-state index contributed by atoms with van der Waals surface area (Å²) in [5.41, 5.74) is 3.15. The largest absolute Gasteiger partial charge is 0.306 e. The molecule has 0 aliphatic carbocycles. The highest BCUT2D eigenvalue weighted by Gasteiger charge is 2.27. The minimum absolute atomic E-state index is 0.0516. The van der Waals surface area contributed by atoms with Crippen LogP contribution in [0.25, 0.3) is 0 Å². The van der Waals surface area contributed by atoms with Crippen LogP contribution in [0.2, 0.25) is 0 Å². The molecule has 0 fully saturated rings. The summed E-state index contributed by atoms with van der Waals surface area (Å²) in [4.78, 5) is 19.5. The third kappa shape index (κ3) is 4.22. The van der Waals surface area contributed by atoms with E-state index < -0.39 is 0 Å². The number of para-hydroxylation sites is 2. The Hall–Kier alpha value is -2.60. The van der Waals surface area contributed by atoms with E-state index in [1.165, 1.54) is 5.56 Å². The van der Waals surface area contributed by atoms with Gasteiger partial charge in [-0.3, -0.25) is 9.69 Å². The highest BCUT2D eigenvalue weighted by molar-refractivity contribution is 7.99. The van der Waals surface area contributed by atoms with Gasteiger partial charge in [0.05, 0.1) is 17.9 Å². The molecule has 4 rings (SSSR count). The van der Waals surface area contributed by atoms with Crippen LogP contribution in [0, 0.1) is 0 Å². The van der Waals surface area contributed by atoms with Crippen molar-refractivity contribution >= 4 is 29.0 Å². The average molecular weight is 404 g/mol. The number of anilines is 2. The molecule has 3 aromatic rings. The van der Waals surface area contributed by atoms with Gasteiger partial charge in [0.2, 0.25) is 5.91 Å². The van der Waals surface area contributed by atoms with Crippen molar-refractivity contribution in [3.8, 4) is 0 Å². The molecule has 1 aliphatic rings. The van der Waals surface area contributed by atoms with Gasteiger partial charge in [0.1, 0.15) is 0 Å². The van der Waals surface area contributed by atoms with Crippen LogP contribution < -0.4 is 10.2 Å². The van der Waals surface area contributed by atoms with Gasteiger partial charge < -0.3 is 10.2 Å². The lowest BCUT2D eigenvalue weighted by Gasteiger charge is -2.31. The fourth-order valence-electron chi connectivity index (χ4n) is 3.64. The van der Waals surface area contributed by atoms with Crippen LogP contribution in [0.5, 0.6) is 0 Å². The number of carbonyl (C=O) groups is 1. The van der Waals surface area contributed by atoms with Gasteiger partial charge >= 0.3 is 0 Å². The van der Waals surface area contributed by atoms with E-state index in [0.29, 0.717) is 6.54 Å². The SMILES string of the molecule is CN(C)[C@@H](CNCC(=O)N1c2ccccc2Sc2ccccc21)c1ccccc1. The Labute approximate surface area is 176 Å². The summed E-state index contributed by atoms with van der Waals surface area (Å²) in [6, 6.07) is 26.8. The molecular formula is C24H25N3OS. The zero-order chi connectivity index (χ0) is 20.2. The minimum atomic E-state index is 0.0516. The van der Waals surface area contributed by atoms with Crippen molar-refractivity contribution in [2.75, 3.05) is 32.1 Å². The number of likely N-dealkylation sites (N-methyl/N-ethyl adjacent to an activating group) is 1. The summed E-state index contributed by atoms with van der Waals surface area (Å²) in [6.07, 6.45) is 0. The second-order valence-electron chi connectivity index (χ2n) is 7.29. The third-order valence-electron chi connectivity index (χ3n) is 5.10. The van der Waals surface area contributed by atoms with Crippen LogP contribution in [0.3, 0.4) is 0 Å². The maximum absolute atomic E-state index is 13.3. The quantitative estimate of drug-likeness (QED) is 0.647. The van der Waals surface area contributed by atoms with Gasteiger partial charge in [0.15, 0.2) is 0 Å². The number of nitrogens with zero attached hydrogens (tertiary/aromatic N) is 2. The molecule has 1 heterocycles. The Balaban J connectivity index is 1.50. The molecule has 3 aromatic carbocycles. The first kappa shape index (κ1) is 19.7. The lowest BCUT2D eigenvalue weighted by Crippen LogP contribution is -2.39. The number of amides is 1. The average Bonchev–Trinajstić information content (AvgIpc) is 2.75. The maximum Gasteiger partial charge on any atom is 0.245 e. The predicted octanol–water partition coefficient (Wildman–Crippen LogP) is 4.71. The number of rotatable bonds is 6. The number of hydrogen-bond acceptors (Lipinski definition) is 4. The Morgan fingerprint density at radius 2 is 1.45 bits per heavy atom. The second kappa shape index (κ2) is 8.82. The number of benzene rings is 3. The third-order valence-corrected chi connectivity index (χ3v) is 6.23. The first-order valence-electron chi connectivity index (χ1n) is 9.76. The van der Waals surface area contributed by atoms with Crippen LogP contribution in [0.1, 0.15) is 11.6 Å². The van der Waals surface area contributed by atoms with Crippen molar-refractivity contribution in [2.45, 2.75) is 15.8 Å². The summed E-state index contributed by atoms with van der Waals surface area (Å²) in [5.74, 6) is 0.0516. The van der Waals surface area contributed by atoms with Crippen molar-refractivity contribution < 1.29 is 4.79 Å². The lowest BCUT2D eigenvalue weighted by atomic mass is 10.1. The highest BCUT2D eigenvalue weighted by Crippen LogP contribution is 2.47. The van der Waals surface area contributed by atoms with E-state index in [-0.39, 0.29) is 18.5 Å². The van der Waals surface area contributed by atoms with Crippen LogP contribution in [-0.2, 0) is 4.79 Å². The van der Waals surface area contributed by atoms with Crippen molar-refractivity contribution in [1.82, 2.24) is 10.2 Å². The van der Waals surface area contributed by atoms with Gasteiger partial charge in [-0.15, -0.1) is 0 Å². The van der Waals surface area contributed by atoms with Crippen molar-refractivity contribution in [1.29, 1.82) is 0 Å². The van der Waals surface area contributed by atoms with Crippen molar-refractivity contribution in [2.24, 2.45) is 0 Å². The van der Waals surface area contributed by atoms with E-state index in [0.717, 1.165) is 21.2 Å². The standard InChI is InChI=1S/C24H25N3OS/c1-26(2)21(18-10-4-3-5-11-18)16-25-17-24(28)27-19-12-6-8-14-22(19)29-23-15-9-7-13-20(23)27/h3-15,21,25H,16-17H2,1-2H3/t21-/m0/s1. The number of nitrogens with one attached hydrogen (secondary N) is 1. The fraction of sp³-hybridized carbons (Fsp3) is 0.208. The number of fused-ring (bicyclic) bond motifs is 2. The van der Waals surface area contributed by atoms with Crippen molar-refractivity contribution in [3.05, 3.63) is 84.4 Å². The van der Waals surface area contributed by atoms with E-state index in [1.54, 1.807) is 11.8 Å². The van der Waals surface area contributed by atoms with Gasteiger partial charge in [-0.1, -0.05) is 66.4 Å². The summed E-state index contributed by atoms with van der Waals surface area (Å²) < 4.78 is 0. The van der Waals surface area contributed by atoms with Gasteiger partial charge in [0.25, 0.3) is 0 Å². The first-order valence-corrected chi connectivity index (χ1v) is 10.6. The molecule has 0 aromatic heterocycles. The molecule has 5 heteroatoms. The van der Waals surface area contributed by atoms with E-state index in [9.17, 15) is 4.79 Å². The zero-order valence-corrected chi connectivity index (χ0v) is 17.5. The molecule has 1 atom stereocenters. The molecule has 4 nitrogen and oxygen atoms in total. The molecule has 0 spiro atoms.